The number of rotatable bonds is 4. The van der Waals surface area contributed by atoms with Gasteiger partial charge in [-0.15, -0.1) is 0 Å². The van der Waals surface area contributed by atoms with Gasteiger partial charge in [-0.1, -0.05) is 12.1 Å². The lowest BCUT2D eigenvalue weighted by molar-refractivity contribution is -0.140. The average molecular weight is 353 g/mol. The van der Waals surface area contributed by atoms with E-state index in [0.717, 1.165) is 21.0 Å². The zero-order chi connectivity index (χ0) is 18.1. The van der Waals surface area contributed by atoms with Crippen LogP contribution in [-0.4, -0.2) is 44.1 Å². The lowest BCUT2D eigenvalue weighted by Gasteiger charge is -2.31. The summed E-state index contributed by atoms with van der Waals surface area (Å²) in [6.45, 7) is 1.53. The number of carbonyl (C=O) groups is 3. The maximum absolute atomic E-state index is 12.8. The molecule has 0 saturated carbocycles. The summed E-state index contributed by atoms with van der Waals surface area (Å²) in [5.41, 5.74) is -0.312. The minimum Gasteiger partial charge on any atom is -0.468 e. The number of ketones is 1. The Bertz CT molecular complexity index is 854. The summed E-state index contributed by atoms with van der Waals surface area (Å²) in [6, 6.07) is 5.75. The predicted octanol–water partition coefficient (Wildman–Crippen LogP) is 0.685. The van der Waals surface area contributed by atoms with E-state index in [1.165, 1.54) is 18.2 Å². The monoisotopic (exact) mass is 353 g/mol. The molecule has 0 spiro atoms. The van der Waals surface area contributed by atoms with Gasteiger partial charge in [-0.2, -0.15) is 0 Å². The Hall–Kier alpha value is -2.68. The molecule has 0 aromatic heterocycles. The van der Waals surface area contributed by atoms with Gasteiger partial charge in [0.05, 0.1) is 12.0 Å². The van der Waals surface area contributed by atoms with Gasteiger partial charge < -0.3 is 9.47 Å². The van der Waals surface area contributed by atoms with E-state index in [9.17, 15) is 22.8 Å². The molecule has 2 rings (SSSR count). The molecule has 0 saturated heterocycles. The SMILES string of the molecule is COC(=O)CN1C(C(C)=O)=C(OC(C)=O)c2ccccc2S1(=O)=O. The molecule has 1 aliphatic heterocycles. The van der Waals surface area contributed by atoms with Gasteiger partial charge in [0.2, 0.25) is 0 Å². The molecule has 128 valence electrons. The topological polar surface area (TPSA) is 107 Å². The minimum absolute atomic E-state index is 0.0824. The summed E-state index contributed by atoms with van der Waals surface area (Å²) in [5, 5.41) is 0. The minimum atomic E-state index is -4.19. The Morgan fingerprint density at radius 3 is 2.29 bits per heavy atom. The highest BCUT2D eigenvalue weighted by Gasteiger charge is 2.41. The van der Waals surface area contributed by atoms with Crippen LogP contribution in [0.2, 0.25) is 0 Å². The highest BCUT2D eigenvalue weighted by Crippen LogP contribution is 2.37. The molecule has 8 nitrogen and oxygen atoms in total. The molecule has 0 aliphatic carbocycles. The van der Waals surface area contributed by atoms with Gasteiger partial charge in [0.25, 0.3) is 10.0 Å². The van der Waals surface area contributed by atoms with Gasteiger partial charge in [-0.25, -0.2) is 12.7 Å². The molecule has 1 heterocycles. The Kier molecular flexibility index (Phi) is 4.74. The third-order valence-corrected chi connectivity index (χ3v) is 5.05. The van der Waals surface area contributed by atoms with Crippen molar-refractivity contribution in [2.24, 2.45) is 0 Å². The van der Waals surface area contributed by atoms with Crippen LogP contribution in [0.1, 0.15) is 19.4 Å². The fraction of sp³-hybridized carbons (Fsp3) is 0.267. The fourth-order valence-corrected chi connectivity index (χ4v) is 3.94. The molecule has 9 heteroatoms. The van der Waals surface area contributed by atoms with Gasteiger partial charge >= 0.3 is 11.9 Å². The van der Waals surface area contributed by atoms with E-state index in [1.807, 2.05) is 0 Å². The van der Waals surface area contributed by atoms with E-state index >= 15 is 0 Å². The van der Waals surface area contributed by atoms with Crippen molar-refractivity contribution in [1.29, 1.82) is 0 Å². The standard InChI is InChI=1S/C15H15NO7S/c1-9(17)14-15(23-10(2)18)11-6-4-5-7-12(11)24(20,21)16(14)8-13(19)22-3/h4-7H,8H2,1-3H3. The smallest absolute Gasteiger partial charge is 0.326 e. The predicted molar refractivity (Wildman–Crippen MR) is 81.7 cm³/mol. The number of Topliss-reactive ketones (excluding diaryl/α,β-unsaturated/α-hetero) is 1. The van der Waals surface area contributed by atoms with Gasteiger partial charge in [-0.05, 0) is 12.1 Å². The van der Waals surface area contributed by atoms with Crippen molar-refractivity contribution in [2.45, 2.75) is 18.7 Å². The molecule has 1 aliphatic rings. The second-order valence-corrected chi connectivity index (χ2v) is 6.74. The normalized spacial score (nSPS) is 15.5. The summed E-state index contributed by atoms with van der Waals surface area (Å²) in [4.78, 5) is 34.9. The first-order valence-electron chi connectivity index (χ1n) is 6.82. The van der Waals surface area contributed by atoms with E-state index in [0.29, 0.717) is 4.31 Å². The summed E-state index contributed by atoms with van der Waals surface area (Å²) in [7, 11) is -3.09. The van der Waals surface area contributed by atoms with Crippen molar-refractivity contribution in [3.05, 3.63) is 35.5 Å². The number of carbonyl (C=O) groups excluding carboxylic acids is 3. The van der Waals surface area contributed by atoms with E-state index in [2.05, 4.69) is 4.74 Å². The van der Waals surface area contributed by atoms with Crippen LogP contribution in [0.15, 0.2) is 34.9 Å². The number of allylic oxidation sites excluding steroid dienone is 1. The van der Waals surface area contributed by atoms with Crippen LogP contribution in [0.5, 0.6) is 0 Å². The first kappa shape index (κ1) is 17.7. The lowest BCUT2D eigenvalue weighted by atomic mass is 10.1. The molecule has 24 heavy (non-hydrogen) atoms. The Balaban J connectivity index is 2.81. The number of hydrogen-bond donors (Lipinski definition) is 0. The van der Waals surface area contributed by atoms with Crippen LogP contribution in [0.4, 0.5) is 0 Å². The van der Waals surface area contributed by atoms with Gasteiger partial charge in [0, 0.05) is 19.4 Å². The Morgan fingerprint density at radius 1 is 1.12 bits per heavy atom. The number of sulfonamides is 1. The average Bonchev–Trinajstić information content (AvgIpc) is 2.51. The number of methoxy groups -OCH3 is 1. The summed E-state index contributed by atoms with van der Waals surface area (Å²) < 4.78 is 35.8. The van der Waals surface area contributed by atoms with Crippen LogP contribution in [-0.2, 0) is 33.9 Å². The lowest BCUT2D eigenvalue weighted by Crippen LogP contribution is -2.41. The molecule has 0 amide bonds. The largest absolute Gasteiger partial charge is 0.468 e. The Labute approximate surface area is 138 Å². The second-order valence-electron chi connectivity index (χ2n) is 4.91. The maximum atomic E-state index is 12.8. The van der Waals surface area contributed by atoms with Crippen molar-refractivity contribution in [3.8, 4) is 0 Å². The second kappa shape index (κ2) is 6.44. The molecule has 0 N–H and O–H groups in total. The van der Waals surface area contributed by atoms with Crippen LogP contribution in [0.3, 0.4) is 0 Å². The van der Waals surface area contributed by atoms with Crippen molar-refractivity contribution in [2.75, 3.05) is 13.7 Å². The van der Waals surface area contributed by atoms with E-state index in [-0.39, 0.29) is 16.2 Å². The first-order valence-corrected chi connectivity index (χ1v) is 8.26. The number of fused-ring (bicyclic) bond motifs is 1. The molecule has 0 radical (unpaired) electrons. The van der Waals surface area contributed by atoms with Crippen molar-refractivity contribution in [3.63, 3.8) is 0 Å². The number of ether oxygens (including phenoxy) is 2. The molecular weight excluding hydrogens is 338 g/mol. The van der Waals surface area contributed by atoms with Crippen LogP contribution >= 0.6 is 0 Å². The summed E-state index contributed by atoms with van der Waals surface area (Å²) in [6.07, 6.45) is 0. The van der Waals surface area contributed by atoms with Crippen LogP contribution in [0.25, 0.3) is 5.76 Å². The molecule has 0 unspecified atom stereocenters. The van der Waals surface area contributed by atoms with E-state index in [4.69, 9.17) is 4.74 Å². The molecule has 0 fully saturated rings. The molecule has 1 aromatic carbocycles. The highest BCUT2D eigenvalue weighted by atomic mass is 32.2. The van der Waals surface area contributed by atoms with Gasteiger partial charge in [0.1, 0.15) is 12.2 Å². The molecular formula is C15H15NO7S. The quantitative estimate of drug-likeness (QED) is 0.733. The third kappa shape index (κ3) is 3.02. The summed E-state index contributed by atoms with van der Waals surface area (Å²) >= 11 is 0. The first-order chi connectivity index (χ1) is 11.2. The molecule has 1 aromatic rings. The van der Waals surface area contributed by atoms with Gasteiger partial charge in [-0.3, -0.25) is 14.4 Å². The maximum Gasteiger partial charge on any atom is 0.326 e. The molecule has 0 bridgehead atoms. The van der Waals surface area contributed by atoms with Crippen molar-refractivity contribution in [1.82, 2.24) is 4.31 Å². The third-order valence-electron chi connectivity index (χ3n) is 3.24. The van der Waals surface area contributed by atoms with Crippen LogP contribution in [0, 0.1) is 0 Å². The van der Waals surface area contributed by atoms with E-state index in [1.54, 1.807) is 6.07 Å². The number of benzene rings is 1. The zero-order valence-corrected chi connectivity index (χ0v) is 14.0. The number of nitrogens with zero attached hydrogens (tertiary/aromatic N) is 1. The van der Waals surface area contributed by atoms with Gasteiger partial charge in [0.15, 0.2) is 11.5 Å². The number of esters is 2. The number of hydrogen-bond acceptors (Lipinski definition) is 7. The highest BCUT2D eigenvalue weighted by molar-refractivity contribution is 7.89. The molecule has 0 atom stereocenters. The fourth-order valence-electron chi connectivity index (χ4n) is 2.29. The Morgan fingerprint density at radius 2 is 1.75 bits per heavy atom. The van der Waals surface area contributed by atoms with Crippen LogP contribution < -0.4 is 0 Å². The zero-order valence-electron chi connectivity index (χ0n) is 13.2. The van der Waals surface area contributed by atoms with Crippen molar-refractivity contribution >= 4 is 33.5 Å². The van der Waals surface area contributed by atoms with Crippen molar-refractivity contribution < 1.29 is 32.3 Å². The van der Waals surface area contributed by atoms with E-state index < -0.39 is 40.0 Å². The summed E-state index contributed by atoms with van der Waals surface area (Å²) in [5.74, 6) is -2.47.